The summed E-state index contributed by atoms with van der Waals surface area (Å²) in [6.45, 7) is 0.226. The first kappa shape index (κ1) is 14.8. The van der Waals surface area contributed by atoms with Crippen LogP contribution < -0.4 is 5.73 Å². The van der Waals surface area contributed by atoms with Gasteiger partial charge in [0.05, 0.1) is 11.1 Å². The van der Waals surface area contributed by atoms with Crippen LogP contribution >= 0.6 is 34.4 Å². The quantitative estimate of drug-likeness (QED) is 0.672. The van der Waals surface area contributed by atoms with Gasteiger partial charge in [0.15, 0.2) is 0 Å². The molecule has 0 aliphatic rings. The molecule has 0 bridgehead atoms. The monoisotopic (exact) mass is 337 g/mol. The fourth-order valence-corrected chi connectivity index (χ4v) is 4.60. The third-order valence-electron chi connectivity index (χ3n) is 2.97. The third-order valence-corrected chi connectivity index (χ3v) is 5.79. The average molecular weight is 337 g/mol. The molecule has 0 unspecified atom stereocenters. The summed E-state index contributed by atoms with van der Waals surface area (Å²) in [4.78, 5) is 11.2. The molecular weight excluding hydrogens is 322 g/mol. The summed E-state index contributed by atoms with van der Waals surface area (Å²) in [6, 6.07) is 4.12. The molecule has 0 aliphatic heterocycles. The average Bonchev–Trinajstić information content (AvgIpc) is 3.12. The largest absolute Gasteiger partial charge is 0.396 e. The number of hydrogen-bond donors (Lipinski definition) is 2. The Balaban J connectivity index is 1.88. The van der Waals surface area contributed by atoms with Crippen molar-refractivity contribution in [1.29, 1.82) is 0 Å². The Hall–Kier alpha value is -1.15. The van der Waals surface area contributed by atoms with Crippen molar-refractivity contribution >= 4 is 50.5 Å². The highest BCUT2D eigenvalue weighted by molar-refractivity contribution is 7.98. The summed E-state index contributed by atoms with van der Waals surface area (Å²) in [6.07, 6.45) is 0.796. The molecule has 21 heavy (non-hydrogen) atoms. The Morgan fingerprint density at radius 1 is 1.29 bits per heavy atom. The molecule has 0 aromatic carbocycles. The Kier molecular flexibility index (Phi) is 4.74. The lowest BCUT2D eigenvalue weighted by Crippen LogP contribution is -1.99. The van der Waals surface area contributed by atoms with Crippen molar-refractivity contribution in [2.75, 3.05) is 18.1 Å². The van der Waals surface area contributed by atoms with Crippen LogP contribution in [0.1, 0.15) is 12.2 Å². The molecule has 7 heteroatoms. The molecule has 4 nitrogen and oxygen atoms in total. The van der Waals surface area contributed by atoms with E-state index in [1.807, 2.05) is 6.07 Å². The Morgan fingerprint density at radius 3 is 2.95 bits per heavy atom. The normalized spacial score (nSPS) is 11.3. The van der Waals surface area contributed by atoms with Gasteiger partial charge in [-0.05, 0) is 23.6 Å². The van der Waals surface area contributed by atoms with Crippen LogP contribution in [0.15, 0.2) is 22.9 Å². The van der Waals surface area contributed by atoms with E-state index in [4.69, 9.17) is 10.8 Å². The van der Waals surface area contributed by atoms with Crippen LogP contribution in [0, 0.1) is 0 Å². The summed E-state index contributed by atoms with van der Waals surface area (Å²) in [5.74, 6) is 2.96. The van der Waals surface area contributed by atoms with Crippen LogP contribution in [0.5, 0.6) is 0 Å². The maximum absolute atomic E-state index is 8.78. The van der Waals surface area contributed by atoms with Crippen LogP contribution in [0.2, 0.25) is 0 Å². The van der Waals surface area contributed by atoms with E-state index < -0.39 is 0 Å². The van der Waals surface area contributed by atoms with Gasteiger partial charge in [0, 0.05) is 22.4 Å². The third kappa shape index (κ3) is 3.21. The number of thiophene rings is 2. The molecule has 0 radical (unpaired) electrons. The zero-order chi connectivity index (χ0) is 14.7. The van der Waals surface area contributed by atoms with Gasteiger partial charge in [0.2, 0.25) is 0 Å². The number of aromatic nitrogens is 2. The topological polar surface area (TPSA) is 72.0 Å². The number of aliphatic hydroxyl groups excluding tert-OH is 1. The molecule has 0 amide bonds. The number of fused-ring (bicyclic) bond motifs is 1. The molecule has 0 fully saturated rings. The lowest BCUT2D eigenvalue weighted by molar-refractivity contribution is 0.296. The maximum Gasteiger partial charge on any atom is 0.142 e. The first-order valence-corrected chi connectivity index (χ1v) is 9.47. The number of hydrogen-bond acceptors (Lipinski definition) is 7. The van der Waals surface area contributed by atoms with E-state index >= 15 is 0 Å². The Labute approximate surface area is 135 Å². The van der Waals surface area contributed by atoms with Gasteiger partial charge in [-0.15, -0.1) is 22.7 Å². The van der Waals surface area contributed by atoms with Crippen molar-refractivity contribution in [3.05, 3.63) is 28.7 Å². The molecule has 0 aliphatic carbocycles. The molecular formula is C14H15N3OS3. The van der Waals surface area contributed by atoms with E-state index in [9.17, 15) is 0 Å². The second-order valence-electron chi connectivity index (χ2n) is 4.46. The zero-order valence-corrected chi connectivity index (χ0v) is 13.7. The molecule has 0 atom stereocenters. The van der Waals surface area contributed by atoms with Gasteiger partial charge in [-0.1, -0.05) is 6.07 Å². The predicted octanol–water partition coefficient (Wildman–Crippen LogP) is 3.62. The van der Waals surface area contributed by atoms with E-state index in [0.717, 1.165) is 39.5 Å². The van der Waals surface area contributed by atoms with Crippen molar-refractivity contribution in [2.24, 2.45) is 0 Å². The fraction of sp³-hybridized carbons (Fsp3) is 0.286. The second-order valence-corrected chi connectivity index (χ2v) is 7.37. The number of nitrogen functional groups attached to an aromatic ring is 1. The smallest absolute Gasteiger partial charge is 0.142 e. The summed E-state index contributed by atoms with van der Waals surface area (Å²) in [5, 5.41) is 13.9. The first-order valence-electron chi connectivity index (χ1n) is 6.55. The standard InChI is InChI=1S/C14H15N3OS3/c15-13-12-9(10-3-1-6-20-10)7-21-14(12)17-11(16-13)8-19-5-2-4-18/h1,3,6-7,18H,2,4-5,8H2,(H2,15,16,17). The van der Waals surface area contributed by atoms with Crippen LogP contribution in [-0.4, -0.2) is 27.4 Å². The molecule has 110 valence electrons. The number of nitrogens with zero attached hydrogens (tertiary/aromatic N) is 2. The Bertz CT molecular complexity index is 724. The lowest BCUT2D eigenvalue weighted by Gasteiger charge is -2.04. The summed E-state index contributed by atoms with van der Waals surface area (Å²) < 4.78 is 0. The van der Waals surface area contributed by atoms with Gasteiger partial charge in [-0.3, -0.25) is 0 Å². The maximum atomic E-state index is 8.78. The van der Waals surface area contributed by atoms with Gasteiger partial charge in [0.1, 0.15) is 16.5 Å². The minimum Gasteiger partial charge on any atom is -0.396 e. The summed E-state index contributed by atoms with van der Waals surface area (Å²) in [5.41, 5.74) is 7.28. The van der Waals surface area contributed by atoms with E-state index in [1.54, 1.807) is 34.4 Å². The van der Waals surface area contributed by atoms with E-state index in [-0.39, 0.29) is 6.61 Å². The summed E-state index contributed by atoms with van der Waals surface area (Å²) >= 11 is 5.02. The fourth-order valence-electron chi connectivity index (χ4n) is 2.02. The van der Waals surface area contributed by atoms with Crippen molar-refractivity contribution in [2.45, 2.75) is 12.2 Å². The van der Waals surface area contributed by atoms with Gasteiger partial charge in [0.25, 0.3) is 0 Å². The van der Waals surface area contributed by atoms with Gasteiger partial charge in [-0.2, -0.15) is 11.8 Å². The number of nitrogens with two attached hydrogens (primary N) is 1. The molecule has 0 saturated heterocycles. The predicted molar refractivity (Wildman–Crippen MR) is 93.0 cm³/mol. The highest BCUT2D eigenvalue weighted by Gasteiger charge is 2.14. The number of thioether (sulfide) groups is 1. The van der Waals surface area contributed by atoms with Gasteiger partial charge < -0.3 is 10.8 Å². The van der Waals surface area contributed by atoms with E-state index in [2.05, 4.69) is 26.8 Å². The molecule has 3 N–H and O–H groups in total. The molecule has 3 aromatic heterocycles. The van der Waals surface area contributed by atoms with E-state index in [0.29, 0.717) is 5.82 Å². The summed E-state index contributed by atoms with van der Waals surface area (Å²) in [7, 11) is 0. The zero-order valence-electron chi connectivity index (χ0n) is 11.3. The van der Waals surface area contributed by atoms with Crippen LogP contribution in [0.3, 0.4) is 0 Å². The Morgan fingerprint density at radius 2 is 2.19 bits per heavy atom. The van der Waals surface area contributed by atoms with Crippen molar-refractivity contribution in [1.82, 2.24) is 9.97 Å². The molecule has 3 heterocycles. The van der Waals surface area contributed by atoms with E-state index in [1.165, 1.54) is 4.88 Å². The van der Waals surface area contributed by atoms with Crippen molar-refractivity contribution < 1.29 is 5.11 Å². The van der Waals surface area contributed by atoms with Crippen LogP contribution in [0.4, 0.5) is 5.82 Å². The minimum atomic E-state index is 0.226. The molecule has 3 rings (SSSR count). The van der Waals surface area contributed by atoms with Gasteiger partial charge in [-0.25, -0.2) is 9.97 Å². The number of aliphatic hydroxyl groups is 1. The minimum absolute atomic E-state index is 0.226. The SMILES string of the molecule is Nc1nc(CSCCCO)nc2scc(-c3cccs3)c12. The van der Waals surface area contributed by atoms with Crippen LogP contribution in [-0.2, 0) is 5.75 Å². The highest BCUT2D eigenvalue weighted by Crippen LogP contribution is 2.38. The van der Waals surface area contributed by atoms with Crippen molar-refractivity contribution in [3.63, 3.8) is 0 Å². The second kappa shape index (κ2) is 6.74. The number of anilines is 1. The number of rotatable bonds is 6. The first-order chi connectivity index (χ1) is 10.3. The highest BCUT2D eigenvalue weighted by atomic mass is 32.2. The van der Waals surface area contributed by atoms with Crippen LogP contribution in [0.25, 0.3) is 20.7 Å². The van der Waals surface area contributed by atoms with Gasteiger partial charge >= 0.3 is 0 Å². The molecule has 0 saturated carbocycles. The lowest BCUT2D eigenvalue weighted by atomic mass is 10.2. The molecule has 3 aromatic rings. The van der Waals surface area contributed by atoms with Crippen molar-refractivity contribution in [3.8, 4) is 10.4 Å². The molecule has 0 spiro atoms.